The molecule has 4 rings (SSSR count). The molecule has 5 heteroatoms. The summed E-state index contributed by atoms with van der Waals surface area (Å²) in [6.07, 6.45) is 5.17. The number of carbonyl (C=O) groups is 1. The van der Waals surface area contributed by atoms with E-state index in [4.69, 9.17) is 0 Å². The lowest BCUT2D eigenvalue weighted by Gasteiger charge is -2.08. The fraction of sp³-hybridized carbons (Fsp3) is 0.0952. The highest BCUT2D eigenvalue weighted by Gasteiger charge is 2.10. The van der Waals surface area contributed by atoms with Crippen LogP contribution in [0, 0.1) is 0 Å². The lowest BCUT2D eigenvalue weighted by molar-refractivity contribution is 0.102. The van der Waals surface area contributed by atoms with E-state index in [1.54, 1.807) is 12.4 Å². The largest absolute Gasteiger partial charge is 0.322 e. The number of nitrogens with one attached hydrogen (secondary N) is 1. The van der Waals surface area contributed by atoms with Crippen LogP contribution in [0.4, 0.5) is 5.69 Å². The molecule has 2 aromatic heterocycles. The number of fused-ring (bicyclic) bond motifs is 1. The summed E-state index contributed by atoms with van der Waals surface area (Å²) >= 11 is 0. The first-order chi connectivity index (χ1) is 12.7. The number of hydrogen-bond acceptors (Lipinski definition) is 3. The molecule has 128 valence electrons. The van der Waals surface area contributed by atoms with Gasteiger partial charge in [-0.3, -0.25) is 14.5 Å². The zero-order chi connectivity index (χ0) is 17.9. The number of hydrogen-bond donors (Lipinski definition) is 1. The maximum absolute atomic E-state index is 12.7. The van der Waals surface area contributed by atoms with Crippen LogP contribution < -0.4 is 5.32 Å². The van der Waals surface area contributed by atoms with E-state index >= 15 is 0 Å². The number of anilines is 1. The summed E-state index contributed by atoms with van der Waals surface area (Å²) in [6, 6.07) is 17.5. The Morgan fingerprint density at radius 3 is 2.65 bits per heavy atom. The van der Waals surface area contributed by atoms with Gasteiger partial charge in [0.15, 0.2) is 0 Å². The quantitative estimate of drug-likeness (QED) is 0.599. The van der Waals surface area contributed by atoms with Crippen LogP contribution in [0.25, 0.3) is 22.0 Å². The Balaban J connectivity index is 1.60. The highest BCUT2D eigenvalue weighted by Crippen LogP contribution is 2.21. The van der Waals surface area contributed by atoms with Gasteiger partial charge in [0.1, 0.15) is 0 Å². The number of nitrogens with zero attached hydrogens (tertiary/aromatic N) is 3. The van der Waals surface area contributed by atoms with E-state index in [-0.39, 0.29) is 5.91 Å². The van der Waals surface area contributed by atoms with Crippen LogP contribution in [0.5, 0.6) is 0 Å². The van der Waals surface area contributed by atoms with Gasteiger partial charge in [-0.2, -0.15) is 5.10 Å². The molecule has 0 bridgehead atoms. The third-order valence-electron chi connectivity index (χ3n) is 4.31. The molecule has 0 aliphatic heterocycles. The van der Waals surface area contributed by atoms with Crippen molar-refractivity contribution in [2.45, 2.75) is 13.5 Å². The molecule has 0 radical (unpaired) electrons. The van der Waals surface area contributed by atoms with Crippen molar-refractivity contribution >= 4 is 22.5 Å². The van der Waals surface area contributed by atoms with Crippen LogP contribution in [-0.4, -0.2) is 20.7 Å². The summed E-state index contributed by atoms with van der Waals surface area (Å²) in [5.74, 6) is -0.183. The molecule has 0 spiro atoms. The van der Waals surface area contributed by atoms with Crippen molar-refractivity contribution in [3.63, 3.8) is 0 Å². The van der Waals surface area contributed by atoms with Crippen LogP contribution in [0.15, 0.2) is 73.2 Å². The minimum Gasteiger partial charge on any atom is -0.322 e. The molecule has 0 saturated carbocycles. The maximum atomic E-state index is 12.7. The van der Waals surface area contributed by atoms with Crippen LogP contribution in [-0.2, 0) is 6.54 Å². The second-order valence-electron chi connectivity index (χ2n) is 6.02. The van der Waals surface area contributed by atoms with Crippen molar-refractivity contribution in [2.75, 3.05) is 5.32 Å². The van der Waals surface area contributed by atoms with E-state index in [0.717, 1.165) is 34.3 Å². The molecule has 0 aliphatic carbocycles. The van der Waals surface area contributed by atoms with E-state index < -0.39 is 0 Å². The molecule has 4 aromatic rings. The Morgan fingerprint density at radius 1 is 1.00 bits per heavy atom. The van der Waals surface area contributed by atoms with Crippen molar-refractivity contribution in [3.05, 3.63) is 78.8 Å². The van der Waals surface area contributed by atoms with Crippen LogP contribution in [0.2, 0.25) is 0 Å². The number of benzene rings is 2. The average Bonchev–Trinajstić information content (AvgIpc) is 3.11. The predicted octanol–water partition coefficient (Wildman–Crippen LogP) is 4.37. The number of amides is 1. The Labute approximate surface area is 151 Å². The predicted molar refractivity (Wildman–Crippen MR) is 103 cm³/mol. The first kappa shape index (κ1) is 16.0. The third kappa shape index (κ3) is 3.07. The van der Waals surface area contributed by atoms with Crippen LogP contribution >= 0.6 is 0 Å². The summed E-state index contributed by atoms with van der Waals surface area (Å²) < 4.78 is 1.91. The summed E-state index contributed by atoms with van der Waals surface area (Å²) in [5, 5.41) is 8.33. The molecular formula is C21H18N4O. The van der Waals surface area contributed by atoms with Crippen molar-refractivity contribution < 1.29 is 4.79 Å². The van der Waals surface area contributed by atoms with E-state index in [9.17, 15) is 4.79 Å². The highest BCUT2D eigenvalue weighted by atomic mass is 16.1. The SMILES string of the molecule is CCn1ncc2ccc(NC(=O)c3cncc(-c4ccccc4)c3)cc21. The topological polar surface area (TPSA) is 59.8 Å². The number of aromatic nitrogens is 3. The molecular weight excluding hydrogens is 324 g/mol. The maximum Gasteiger partial charge on any atom is 0.257 e. The fourth-order valence-electron chi connectivity index (χ4n) is 2.96. The molecule has 0 aliphatic rings. The second-order valence-corrected chi connectivity index (χ2v) is 6.02. The van der Waals surface area contributed by atoms with Gasteiger partial charge >= 0.3 is 0 Å². The van der Waals surface area contributed by atoms with Crippen LogP contribution in [0.1, 0.15) is 17.3 Å². The Morgan fingerprint density at radius 2 is 1.85 bits per heavy atom. The zero-order valence-electron chi connectivity index (χ0n) is 14.4. The van der Waals surface area contributed by atoms with Gasteiger partial charge < -0.3 is 5.32 Å². The summed E-state index contributed by atoms with van der Waals surface area (Å²) in [4.78, 5) is 16.9. The minimum absolute atomic E-state index is 0.183. The van der Waals surface area contributed by atoms with Crippen LogP contribution in [0.3, 0.4) is 0 Å². The van der Waals surface area contributed by atoms with Gasteiger partial charge in [-0.1, -0.05) is 30.3 Å². The molecule has 2 aromatic carbocycles. The third-order valence-corrected chi connectivity index (χ3v) is 4.31. The normalized spacial score (nSPS) is 10.8. The smallest absolute Gasteiger partial charge is 0.257 e. The second kappa shape index (κ2) is 6.80. The Kier molecular flexibility index (Phi) is 4.19. The summed E-state index contributed by atoms with van der Waals surface area (Å²) in [6.45, 7) is 2.82. The molecule has 0 atom stereocenters. The van der Waals surface area contributed by atoms with E-state index in [0.29, 0.717) is 5.56 Å². The minimum atomic E-state index is -0.183. The van der Waals surface area contributed by atoms with Crippen molar-refractivity contribution in [3.8, 4) is 11.1 Å². The Hall–Kier alpha value is -3.47. The molecule has 26 heavy (non-hydrogen) atoms. The zero-order valence-corrected chi connectivity index (χ0v) is 14.4. The van der Waals surface area contributed by atoms with E-state index in [1.807, 2.05) is 72.4 Å². The van der Waals surface area contributed by atoms with Gasteiger partial charge in [0.05, 0.1) is 17.3 Å². The highest BCUT2D eigenvalue weighted by molar-refractivity contribution is 6.05. The number of rotatable bonds is 4. The molecule has 1 N–H and O–H groups in total. The molecule has 0 unspecified atom stereocenters. The van der Waals surface area contributed by atoms with Crippen molar-refractivity contribution in [1.82, 2.24) is 14.8 Å². The number of carbonyl (C=O) groups excluding carboxylic acids is 1. The van der Waals surface area contributed by atoms with Gasteiger partial charge in [0.2, 0.25) is 0 Å². The first-order valence-corrected chi connectivity index (χ1v) is 8.52. The van der Waals surface area contributed by atoms with Gasteiger partial charge in [-0.25, -0.2) is 0 Å². The first-order valence-electron chi connectivity index (χ1n) is 8.52. The molecule has 2 heterocycles. The monoisotopic (exact) mass is 342 g/mol. The number of pyridine rings is 1. The van der Waals surface area contributed by atoms with E-state index in [1.165, 1.54) is 0 Å². The summed E-state index contributed by atoms with van der Waals surface area (Å²) in [7, 11) is 0. The van der Waals surface area contributed by atoms with Crippen molar-refractivity contribution in [1.29, 1.82) is 0 Å². The van der Waals surface area contributed by atoms with Gasteiger partial charge in [0, 0.05) is 35.6 Å². The fourth-order valence-corrected chi connectivity index (χ4v) is 2.96. The lowest BCUT2D eigenvalue weighted by Crippen LogP contribution is -2.12. The Bertz CT molecular complexity index is 1070. The van der Waals surface area contributed by atoms with Gasteiger partial charge in [-0.05, 0) is 36.8 Å². The molecule has 0 saturated heterocycles. The average molecular weight is 342 g/mol. The molecule has 1 amide bonds. The molecule has 0 fully saturated rings. The lowest BCUT2D eigenvalue weighted by atomic mass is 10.1. The van der Waals surface area contributed by atoms with Crippen molar-refractivity contribution in [2.24, 2.45) is 0 Å². The number of aryl methyl sites for hydroxylation is 1. The summed E-state index contributed by atoms with van der Waals surface area (Å²) in [5.41, 5.74) is 4.21. The van der Waals surface area contributed by atoms with E-state index in [2.05, 4.69) is 15.4 Å². The van der Waals surface area contributed by atoms with Gasteiger partial charge in [-0.15, -0.1) is 0 Å². The molecule has 5 nitrogen and oxygen atoms in total. The van der Waals surface area contributed by atoms with Gasteiger partial charge in [0.25, 0.3) is 5.91 Å². The standard InChI is InChI=1S/C21H18N4O/c1-2-25-20-11-19(9-8-16(20)14-23-25)24-21(26)18-10-17(12-22-13-18)15-6-4-3-5-7-15/h3-14H,2H2,1H3,(H,24,26).